The van der Waals surface area contributed by atoms with Gasteiger partial charge in [-0.05, 0) is 43.3 Å². The first-order valence-electron chi connectivity index (χ1n) is 8.76. The summed E-state index contributed by atoms with van der Waals surface area (Å²) in [5.41, 5.74) is 1.27. The van der Waals surface area contributed by atoms with Gasteiger partial charge in [0.1, 0.15) is 11.6 Å². The number of anilines is 2. The minimum Gasteiger partial charge on any atom is -0.450 e. The van der Waals surface area contributed by atoms with Gasteiger partial charge in [-0.1, -0.05) is 0 Å². The van der Waals surface area contributed by atoms with E-state index in [1.54, 1.807) is 24.1 Å². The zero-order chi connectivity index (χ0) is 19.2. The molecule has 0 spiro atoms. The molecule has 1 saturated heterocycles. The van der Waals surface area contributed by atoms with Gasteiger partial charge in [-0.2, -0.15) is 0 Å². The van der Waals surface area contributed by atoms with E-state index in [0.29, 0.717) is 44.2 Å². The zero-order valence-corrected chi connectivity index (χ0v) is 15.0. The maximum atomic E-state index is 12.9. The van der Waals surface area contributed by atoms with Crippen molar-refractivity contribution in [1.82, 2.24) is 9.88 Å². The predicted molar refractivity (Wildman–Crippen MR) is 99.4 cm³/mol. The smallest absolute Gasteiger partial charge is 0.409 e. The molecule has 0 aliphatic carbocycles. The Kier molecular flexibility index (Phi) is 5.85. The van der Waals surface area contributed by atoms with Crippen LogP contribution in [0.15, 0.2) is 42.6 Å². The molecule has 0 radical (unpaired) electrons. The molecular formula is C19H21FN4O3. The predicted octanol–water partition coefficient (Wildman–Crippen LogP) is 2.75. The molecule has 1 aliphatic heterocycles. The third kappa shape index (κ3) is 4.72. The Bertz CT molecular complexity index is 788. The summed E-state index contributed by atoms with van der Waals surface area (Å²) in [5, 5.41) is 2.68. The number of rotatable bonds is 4. The second kappa shape index (κ2) is 8.48. The zero-order valence-electron chi connectivity index (χ0n) is 15.0. The van der Waals surface area contributed by atoms with E-state index in [-0.39, 0.29) is 12.0 Å². The number of aromatic nitrogens is 1. The molecule has 1 fully saturated rings. The van der Waals surface area contributed by atoms with Crippen molar-refractivity contribution in [3.05, 3.63) is 54.0 Å². The van der Waals surface area contributed by atoms with Crippen LogP contribution in [0.4, 0.5) is 20.7 Å². The first kappa shape index (κ1) is 18.6. The van der Waals surface area contributed by atoms with Crippen molar-refractivity contribution in [2.45, 2.75) is 6.92 Å². The van der Waals surface area contributed by atoms with E-state index in [4.69, 9.17) is 4.74 Å². The third-order valence-corrected chi connectivity index (χ3v) is 4.27. The van der Waals surface area contributed by atoms with Crippen LogP contribution in [-0.4, -0.2) is 54.7 Å². The second-order valence-corrected chi connectivity index (χ2v) is 6.04. The van der Waals surface area contributed by atoms with Crippen molar-refractivity contribution in [2.75, 3.05) is 43.0 Å². The summed E-state index contributed by atoms with van der Waals surface area (Å²) in [6.07, 6.45) is 1.40. The van der Waals surface area contributed by atoms with Crippen LogP contribution in [0.3, 0.4) is 0 Å². The Morgan fingerprint density at radius 3 is 2.41 bits per heavy atom. The Morgan fingerprint density at radius 2 is 1.81 bits per heavy atom. The van der Waals surface area contributed by atoms with Crippen LogP contribution in [0.1, 0.15) is 17.3 Å². The summed E-state index contributed by atoms with van der Waals surface area (Å²) in [5.74, 6) is -0.325. The molecule has 0 atom stereocenters. The fourth-order valence-electron chi connectivity index (χ4n) is 2.80. The van der Waals surface area contributed by atoms with E-state index < -0.39 is 5.82 Å². The number of ether oxygens (including phenoxy) is 1. The minimum atomic E-state index is -0.392. The molecule has 2 heterocycles. The summed E-state index contributed by atoms with van der Waals surface area (Å²) in [6.45, 7) is 4.69. The van der Waals surface area contributed by atoms with E-state index in [2.05, 4.69) is 15.2 Å². The van der Waals surface area contributed by atoms with Gasteiger partial charge >= 0.3 is 6.09 Å². The number of halogens is 1. The fourth-order valence-corrected chi connectivity index (χ4v) is 2.80. The van der Waals surface area contributed by atoms with Gasteiger partial charge in [0.25, 0.3) is 5.91 Å². The van der Waals surface area contributed by atoms with Crippen molar-refractivity contribution >= 4 is 23.5 Å². The standard InChI is InChI=1S/C19H21FN4O3/c1-2-27-19(26)24-11-9-23(10-12-24)16-7-8-17(21-13-16)22-18(25)14-3-5-15(20)6-4-14/h3-8,13H,2,9-12H2,1H3,(H,21,22,25). The fraction of sp³-hybridized carbons (Fsp3) is 0.316. The highest BCUT2D eigenvalue weighted by Crippen LogP contribution is 2.18. The number of piperazine rings is 1. The number of carbonyl (C=O) groups excluding carboxylic acids is 2. The molecule has 1 aromatic heterocycles. The monoisotopic (exact) mass is 372 g/mol. The number of nitrogens with one attached hydrogen (secondary N) is 1. The van der Waals surface area contributed by atoms with Crippen LogP contribution in [0.2, 0.25) is 0 Å². The van der Waals surface area contributed by atoms with Gasteiger partial charge in [0.15, 0.2) is 0 Å². The molecule has 1 aliphatic rings. The first-order chi connectivity index (χ1) is 13.1. The van der Waals surface area contributed by atoms with Gasteiger partial charge in [-0.15, -0.1) is 0 Å². The van der Waals surface area contributed by atoms with Crippen molar-refractivity contribution in [2.24, 2.45) is 0 Å². The quantitative estimate of drug-likeness (QED) is 0.893. The number of carbonyl (C=O) groups is 2. The number of benzene rings is 1. The lowest BCUT2D eigenvalue weighted by Crippen LogP contribution is -2.49. The highest BCUT2D eigenvalue weighted by Gasteiger charge is 2.22. The molecule has 27 heavy (non-hydrogen) atoms. The molecule has 1 N–H and O–H groups in total. The van der Waals surface area contributed by atoms with Crippen LogP contribution in [0, 0.1) is 5.82 Å². The van der Waals surface area contributed by atoms with Crippen molar-refractivity contribution < 1.29 is 18.7 Å². The van der Waals surface area contributed by atoms with Crippen molar-refractivity contribution in [3.8, 4) is 0 Å². The number of amides is 2. The highest BCUT2D eigenvalue weighted by atomic mass is 19.1. The molecule has 0 unspecified atom stereocenters. The minimum absolute atomic E-state index is 0.283. The number of pyridine rings is 1. The molecule has 7 nitrogen and oxygen atoms in total. The maximum absolute atomic E-state index is 12.9. The van der Waals surface area contributed by atoms with E-state index in [1.165, 1.54) is 24.3 Å². The Balaban J connectivity index is 1.55. The Labute approximate surface area is 156 Å². The molecule has 8 heteroatoms. The summed E-state index contributed by atoms with van der Waals surface area (Å²) < 4.78 is 17.9. The number of nitrogens with zero attached hydrogens (tertiary/aromatic N) is 3. The summed E-state index contributed by atoms with van der Waals surface area (Å²) in [7, 11) is 0. The average molecular weight is 372 g/mol. The topological polar surface area (TPSA) is 74.8 Å². The molecule has 1 aromatic carbocycles. The van der Waals surface area contributed by atoms with E-state index in [9.17, 15) is 14.0 Å². The van der Waals surface area contributed by atoms with E-state index in [1.807, 2.05) is 6.07 Å². The molecular weight excluding hydrogens is 351 g/mol. The van der Waals surface area contributed by atoms with E-state index >= 15 is 0 Å². The molecule has 142 valence electrons. The van der Waals surface area contributed by atoms with E-state index in [0.717, 1.165) is 5.69 Å². The highest BCUT2D eigenvalue weighted by molar-refractivity contribution is 6.03. The lowest BCUT2D eigenvalue weighted by molar-refractivity contribution is 0.102. The van der Waals surface area contributed by atoms with Gasteiger partial charge in [0.2, 0.25) is 0 Å². The Morgan fingerprint density at radius 1 is 1.11 bits per heavy atom. The van der Waals surface area contributed by atoms with Crippen LogP contribution in [-0.2, 0) is 4.74 Å². The van der Waals surface area contributed by atoms with Gasteiger partial charge in [0.05, 0.1) is 18.5 Å². The SMILES string of the molecule is CCOC(=O)N1CCN(c2ccc(NC(=O)c3ccc(F)cc3)nc2)CC1. The largest absolute Gasteiger partial charge is 0.450 e. The van der Waals surface area contributed by atoms with Crippen LogP contribution in [0.5, 0.6) is 0 Å². The third-order valence-electron chi connectivity index (χ3n) is 4.27. The summed E-state index contributed by atoms with van der Waals surface area (Å²) in [4.78, 5) is 31.9. The average Bonchev–Trinajstić information content (AvgIpc) is 2.69. The van der Waals surface area contributed by atoms with Gasteiger partial charge in [-0.25, -0.2) is 14.2 Å². The van der Waals surface area contributed by atoms with Crippen LogP contribution in [0.25, 0.3) is 0 Å². The van der Waals surface area contributed by atoms with Gasteiger partial charge in [0, 0.05) is 31.7 Å². The summed E-state index contributed by atoms with van der Waals surface area (Å²) in [6, 6.07) is 8.90. The van der Waals surface area contributed by atoms with Crippen LogP contribution >= 0.6 is 0 Å². The van der Waals surface area contributed by atoms with Crippen molar-refractivity contribution in [3.63, 3.8) is 0 Å². The molecule has 2 amide bonds. The van der Waals surface area contributed by atoms with Gasteiger partial charge < -0.3 is 19.9 Å². The summed E-state index contributed by atoms with van der Waals surface area (Å²) >= 11 is 0. The number of hydrogen-bond acceptors (Lipinski definition) is 5. The second-order valence-electron chi connectivity index (χ2n) is 6.04. The number of hydrogen-bond donors (Lipinski definition) is 1. The molecule has 2 aromatic rings. The maximum Gasteiger partial charge on any atom is 0.409 e. The molecule has 3 rings (SSSR count). The molecule has 0 bridgehead atoms. The first-order valence-corrected chi connectivity index (χ1v) is 8.76. The molecule has 0 saturated carbocycles. The lowest BCUT2D eigenvalue weighted by atomic mass is 10.2. The normalized spacial score (nSPS) is 14.0. The lowest BCUT2D eigenvalue weighted by Gasteiger charge is -2.35. The Hall–Kier alpha value is -3.16. The van der Waals surface area contributed by atoms with Gasteiger partial charge in [-0.3, -0.25) is 4.79 Å². The van der Waals surface area contributed by atoms with Crippen molar-refractivity contribution in [1.29, 1.82) is 0 Å². The van der Waals surface area contributed by atoms with Crippen LogP contribution < -0.4 is 10.2 Å².